The van der Waals surface area contributed by atoms with Gasteiger partial charge in [0.2, 0.25) is 0 Å². The van der Waals surface area contributed by atoms with E-state index in [1.165, 1.54) is 0 Å². The number of amides is 2. The molecule has 0 radical (unpaired) electrons. The molecule has 2 aromatic carbocycles. The molecule has 0 fully saturated rings. The zero-order valence-electron chi connectivity index (χ0n) is 16.3. The number of nitrogens with one attached hydrogen (secondary N) is 1. The zero-order chi connectivity index (χ0) is 19.5. The van der Waals surface area contributed by atoms with Gasteiger partial charge < -0.3 is 19.5 Å². The molecule has 1 aliphatic heterocycles. The van der Waals surface area contributed by atoms with Crippen molar-refractivity contribution in [1.29, 1.82) is 0 Å². The number of aromatic nitrogens is 1. The molecule has 5 heteroatoms. The van der Waals surface area contributed by atoms with Crippen LogP contribution in [0.4, 0.5) is 10.5 Å². The molecule has 2 amide bonds. The maximum Gasteiger partial charge on any atom is 0.322 e. The molecule has 0 saturated carbocycles. The van der Waals surface area contributed by atoms with Crippen LogP contribution >= 0.6 is 0 Å². The van der Waals surface area contributed by atoms with Gasteiger partial charge in [-0.25, -0.2) is 4.79 Å². The molecule has 0 aliphatic carbocycles. The second-order valence-electron chi connectivity index (χ2n) is 7.02. The Bertz CT molecular complexity index is 962. The minimum Gasteiger partial charge on any atom is -0.494 e. The lowest BCUT2D eigenvalue weighted by Gasteiger charge is -2.37. The SMILES string of the molecule is CCOc1ccc(C2c3cccn3CCN2C(=O)Nc2cccc(C)c2)cc1. The summed E-state index contributed by atoms with van der Waals surface area (Å²) in [4.78, 5) is 15.1. The zero-order valence-corrected chi connectivity index (χ0v) is 16.3. The summed E-state index contributed by atoms with van der Waals surface area (Å²) in [6.45, 7) is 6.07. The molecule has 3 aromatic rings. The van der Waals surface area contributed by atoms with Crippen molar-refractivity contribution in [2.75, 3.05) is 18.5 Å². The summed E-state index contributed by atoms with van der Waals surface area (Å²) >= 11 is 0. The van der Waals surface area contributed by atoms with E-state index in [2.05, 4.69) is 22.1 Å². The fourth-order valence-corrected chi connectivity index (χ4v) is 3.78. The van der Waals surface area contributed by atoms with Crippen molar-refractivity contribution in [2.24, 2.45) is 0 Å². The van der Waals surface area contributed by atoms with E-state index in [9.17, 15) is 4.79 Å². The van der Waals surface area contributed by atoms with E-state index in [1.807, 2.05) is 73.3 Å². The van der Waals surface area contributed by atoms with Crippen LogP contribution in [-0.4, -0.2) is 28.6 Å². The Kier molecular flexibility index (Phi) is 5.06. The van der Waals surface area contributed by atoms with E-state index in [0.717, 1.165) is 34.8 Å². The van der Waals surface area contributed by atoms with Crippen LogP contribution in [0.25, 0.3) is 0 Å². The van der Waals surface area contributed by atoms with E-state index in [0.29, 0.717) is 13.2 Å². The molecular weight excluding hydrogens is 350 g/mol. The fraction of sp³-hybridized carbons (Fsp3) is 0.261. The summed E-state index contributed by atoms with van der Waals surface area (Å²) in [7, 11) is 0. The number of benzene rings is 2. The highest BCUT2D eigenvalue weighted by atomic mass is 16.5. The average Bonchev–Trinajstić information content (AvgIpc) is 3.17. The van der Waals surface area contributed by atoms with Crippen molar-refractivity contribution in [3.63, 3.8) is 0 Å². The van der Waals surface area contributed by atoms with Gasteiger partial charge in [-0.1, -0.05) is 24.3 Å². The van der Waals surface area contributed by atoms with Crippen LogP contribution in [0.2, 0.25) is 0 Å². The van der Waals surface area contributed by atoms with Gasteiger partial charge in [0.05, 0.1) is 12.6 Å². The van der Waals surface area contributed by atoms with Crippen LogP contribution in [0.15, 0.2) is 66.9 Å². The lowest BCUT2D eigenvalue weighted by molar-refractivity contribution is 0.182. The number of rotatable bonds is 4. The first-order valence-electron chi connectivity index (χ1n) is 9.68. The van der Waals surface area contributed by atoms with E-state index in [-0.39, 0.29) is 12.1 Å². The Hall–Kier alpha value is -3.21. The number of hydrogen-bond acceptors (Lipinski definition) is 2. The van der Waals surface area contributed by atoms with E-state index < -0.39 is 0 Å². The Balaban J connectivity index is 1.64. The van der Waals surface area contributed by atoms with Crippen molar-refractivity contribution in [1.82, 2.24) is 9.47 Å². The Labute approximate surface area is 165 Å². The fourth-order valence-electron chi connectivity index (χ4n) is 3.78. The number of nitrogens with zero attached hydrogens (tertiary/aromatic N) is 2. The Morgan fingerprint density at radius 1 is 1.11 bits per heavy atom. The Morgan fingerprint density at radius 3 is 2.68 bits per heavy atom. The smallest absolute Gasteiger partial charge is 0.322 e. The summed E-state index contributed by atoms with van der Waals surface area (Å²) < 4.78 is 7.79. The van der Waals surface area contributed by atoms with Crippen LogP contribution in [-0.2, 0) is 6.54 Å². The second kappa shape index (κ2) is 7.80. The van der Waals surface area contributed by atoms with Gasteiger partial charge in [0.25, 0.3) is 0 Å². The highest BCUT2D eigenvalue weighted by Crippen LogP contribution is 2.33. The predicted octanol–water partition coefficient (Wildman–Crippen LogP) is 4.83. The lowest BCUT2D eigenvalue weighted by Crippen LogP contribution is -2.44. The summed E-state index contributed by atoms with van der Waals surface area (Å²) in [5, 5.41) is 3.06. The molecule has 1 N–H and O–H groups in total. The number of fused-ring (bicyclic) bond motifs is 1. The molecule has 1 atom stereocenters. The average molecular weight is 375 g/mol. The lowest BCUT2D eigenvalue weighted by atomic mass is 10.00. The molecule has 28 heavy (non-hydrogen) atoms. The third-order valence-corrected chi connectivity index (χ3v) is 5.08. The largest absolute Gasteiger partial charge is 0.494 e. The van der Waals surface area contributed by atoms with Gasteiger partial charge in [0.1, 0.15) is 5.75 Å². The highest BCUT2D eigenvalue weighted by molar-refractivity contribution is 5.90. The third-order valence-electron chi connectivity index (χ3n) is 5.08. The minimum atomic E-state index is -0.135. The third kappa shape index (κ3) is 3.60. The first-order valence-corrected chi connectivity index (χ1v) is 9.68. The van der Waals surface area contributed by atoms with Crippen LogP contribution < -0.4 is 10.1 Å². The molecule has 2 heterocycles. The van der Waals surface area contributed by atoms with Crippen LogP contribution in [0, 0.1) is 6.92 Å². The molecule has 1 aliphatic rings. The Morgan fingerprint density at radius 2 is 1.93 bits per heavy atom. The maximum atomic E-state index is 13.1. The van der Waals surface area contributed by atoms with Crippen LogP contribution in [0.5, 0.6) is 5.75 Å². The van der Waals surface area contributed by atoms with Gasteiger partial charge in [0.15, 0.2) is 0 Å². The van der Waals surface area contributed by atoms with Crippen molar-refractivity contribution in [3.8, 4) is 5.75 Å². The highest BCUT2D eigenvalue weighted by Gasteiger charge is 2.32. The van der Waals surface area contributed by atoms with Gasteiger partial charge in [-0.3, -0.25) is 0 Å². The molecular formula is C23H25N3O2. The molecule has 4 rings (SSSR count). The normalized spacial score (nSPS) is 15.8. The quantitative estimate of drug-likeness (QED) is 0.710. The first kappa shape index (κ1) is 18.2. The number of carbonyl (C=O) groups excluding carboxylic acids is 1. The van der Waals surface area contributed by atoms with Crippen molar-refractivity contribution in [2.45, 2.75) is 26.4 Å². The molecule has 0 bridgehead atoms. The molecule has 0 spiro atoms. The summed E-state index contributed by atoms with van der Waals surface area (Å²) in [5.74, 6) is 0.841. The molecule has 1 unspecified atom stereocenters. The van der Waals surface area contributed by atoms with Gasteiger partial charge in [-0.15, -0.1) is 0 Å². The standard InChI is InChI=1S/C23H25N3O2/c1-3-28-20-11-9-18(10-12-20)22-21-8-5-13-25(21)14-15-26(22)23(27)24-19-7-4-6-17(2)16-19/h4-13,16,22H,3,14-15H2,1-2H3,(H,24,27). The minimum absolute atomic E-state index is 0.0862. The summed E-state index contributed by atoms with van der Waals surface area (Å²) in [6, 6.07) is 19.8. The van der Waals surface area contributed by atoms with Crippen LogP contribution in [0.1, 0.15) is 29.8 Å². The number of carbonyl (C=O) groups is 1. The number of hydrogen-bond donors (Lipinski definition) is 1. The van der Waals surface area contributed by atoms with E-state index >= 15 is 0 Å². The van der Waals surface area contributed by atoms with Gasteiger partial charge >= 0.3 is 6.03 Å². The number of aryl methyl sites for hydroxylation is 1. The van der Waals surface area contributed by atoms with Gasteiger partial charge in [0, 0.05) is 30.7 Å². The van der Waals surface area contributed by atoms with Crippen molar-refractivity contribution < 1.29 is 9.53 Å². The van der Waals surface area contributed by atoms with E-state index in [4.69, 9.17) is 4.74 Å². The van der Waals surface area contributed by atoms with Gasteiger partial charge in [-0.2, -0.15) is 0 Å². The number of anilines is 1. The number of ether oxygens (including phenoxy) is 1. The van der Waals surface area contributed by atoms with E-state index in [1.54, 1.807) is 0 Å². The summed E-state index contributed by atoms with van der Waals surface area (Å²) in [6.07, 6.45) is 2.08. The van der Waals surface area contributed by atoms with Crippen molar-refractivity contribution in [3.05, 3.63) is 83.7 Å². The number of urea groups is 1. The monoisotopic (exact) mass is 375 g/mol. The van der Waals surface area contributed by atoms with Crippen molar-refractivity contribution >= 4 is 11.7 Å². The molecule has 144 valence electrons. The molecule has 5 nitrogen and oxygen atoms in total. The first-order chi connectivity index (χ1) is 13.7. The van der Waals surface area contributed by atoms with Crippen LogP contribution in [0.3, 0.4) is 0 Å². The predicted molar refractivity (Wildman–Crippen MR) is 111 cm³/mol. The van der Waals surface area contributed by atoms with Gasteiger partial charge in [-0.05, 0) is 61.4 Å². The second-order valence-corrected chi connectivity index (χ2v) is 7.02. The topological polar surface area (TPSA) is 46.5 Å². The summed E-state index contributed by atoms with van der Waals surface area (Å²) in [5.41, 5.74) is 4.13. The maximum absolute atomic E-state index is 13.1. The molecule has 1 aromatic heterocycles. The molecule has 0 saturated heterocycles.